The van der Waals surface area contributed by atoms with Crippen molar-refractivity contribution in [3.63, 3.8) is 0 Å². The van der Waals surface area contributed by atoms with Gasteiger partial charge in [0.05, 0.1) is 0 Å². The number of aryl methyl sites for hydroxylation is 1. The van der Waals surface area contributed by atoms with Crippen LogP contribution in [0.3, 0.4) is 0 Å². The highest BCUT2D eigenvalue weighted by Gasteiger charge is 2.00. The predicted octanol–water partition coefficient (Wildman–Crippen LogP) is 2.16. The number of carbonyl (C=O) groups excluding carboxylic acids is 1. The molecule has 4 heteroatoms. The van der Waals surface area contributed by atoms with Crippen LogP contribution in [0.2, 0.25) is 0 Å². The summed E-state index contributed by atoms with van der Waals surface area (Å²) in [5, 5.41) is 5.98. The zero-order valence-corrected chi connectivity index (χ0v) is 11.8. The molecular formula is C14H23ClN2O. The normalized spacial score (nSPS) is 9.61. The van der Waals surface area contributed by atoms with Crippen molar-refractivity contribution in [3.05, 3.63) is 35.9 Å². The van der Waals surface area contributed by atoms with Gasteiger partial charge < -0.3 is 10.6 Å². The largest absolute Gasteiger partial charge is 0.356 e. The van der Waals surface area contributed by atoms with Crippen LogP contribution in [0, 0.1) is 0 Å². The first-order valence-electron chi connectivity index (χ1n) is 6.28. The van der Waals surface area contributed by atoms with Gasteiger partial charge in [0, 0.05) is 13.0 Å². The summed E-state index contributed by atoms with van der Waals surface area (Å²) in [6.45, 7) is 1.72. The number of benzene rings is 1. The van der Waals surface area contributed by atoms with E-state index in [4.69, 9.17) is 0 Å². The third-order valence-electron chi connectivity index (χ3n) is 2.64. The predicted molar refractivity (Wildman–Crippen MR) is 78.2 cm³/mol. The van der Waals surface area contributed by atoms with E-state index in [2.05, 4.69) is 22.8 Å². The molecule has 0 unspecified atom stereocenters. The minimum atomic E-state index is 0. The van der Waals surface area contributed by atoms with Gasteiger partial charge in [-0.15, -0.1) is 12.4 Å². The molecule has 0 aliphatic heterocycles. The molecule has 102 valence electrons. The average Bonchev–Trinajstić information content (AvgIpc) is 2.36. The van der Waals surface area contributed by atoms with Crippen LogP contribution in [0.25, 0.3) is 0 Å². The van der Waals surface area contributed by atoms with E-state index in [1.807, 2.05) is 25.2 Å². The maximum Gasteiger partial charge on any atom is 0.220 e. The minimum Gasteiger partial charge on any atom is -0.356 e. The molecule has 0 fully saturated rings. The molecule has 0 spiro atoms. The number of amides is 1. The molecule has 1 aromatic rings. The average molecular weight is 271 g/mol. The molecule has 0 radical (unpaired) electrons. The second-order valence-corrected chi connectivity index (χ2v) is 4.15. The van der Waals surface area contributed by atoms with Crippen LogP contribution in [0.15, 0.2) is 30.3 Å². The second kappa shape index (κ2) is 11.1. The van der Waals surface area contributed by atoms with E-state index in [-0.39, 0.29) is 18.3 Å². The van der Waals surface area contributed by atoms with Crippen LogP contribution in [-0.4, -0.2) is 26.0 Å². The summed E-state index contributed by atoms with van der Waals surface area (Å²) in [6, 6.07) is 10.3. The molecule has 1 amide bonds. The van der Waals surface area contributed by atoms with Crippen LogP contribution in [-0.2, 0) is 11.2 Å². The summed E-state index contributed by atoms with van der Waals surface area (Å²) in [7, 11) is 1.92. The Hall–Kier alpha value is -1.06. The molecular weight excluding hydrogens is 248 g/mol. The number of halogens is 1. The van der Waals surface area contributed by atoms with E-state index in [0.29, 0.717) is 6.42 Å². The van der Waals surface area contributed by atoms with Gasteiger partial charge in [0.2, 0.25) is 5.91 Å². The Bertz CT molecular complexity index is 317. The highest BCUT2D eigenvalue weighted by Crippen LogP contribution is 2.04. The minimum absolute atomic E-state index is 0. The zero-order chi connectivity index (χ0) is 12.3. The van der Waals surface area contributed by atoms with E-state index in [1.165, 1.54) is 5.56 Å². The van der Waals surface area contributed by atoms with Gasteiger partial charge in [0.15, 0.2) is 0 Å². The summed E-state index contributed by atoms with van der Waals surface area (Å²) >= 11 is 0. The van der Waals surface area contributed by atoms with Gasteiger partial charge in [0.25, 0.3) is 0 Å². The molecule has 0 saturated heterocycles. The Labute approximate surface area is 116 Å². The van der Waals surface area contributed by atoms with Gasteiger partial charge in [-0.3, -0.25) is 4.79 Å². The number of hydrogen-bond acceptors (Lipinski definition) is 2. The van der Waals surface area contributed by atoms with E-state index in [9.17, 15) is 4.79 Å². The molecule has 0 aliphatic rings. The van der Waals surface area contributed by atoms with E-state index < -0.39 is 0 Å². The zero-order valence-electron chi connectivity index (χ0n) is 10.9. The molecule has 0 aromatic heterocycles. The van der Waals surface area contributed by atoms with Crippen molar-refractivity contribution in [1.82, 2.24) is 10.6 Å². The highest BCUT2D eigenvalue weighted by molar-refractivity contribution is 5.85. The van der Waals surface area contributed by atoms with Gasteiger partial charge >= 0.3 is 0 Å². The third-order valence-corrected chi connectivity index (χ3v) is 2.64. The van der Waals surface area contributed by atoms with Gasteiger partial charge in [-0.05, 0) is 38.4 Å². The Balaban J connectivity index is 0.00000289. The number of carbonyl (C=O) groups is 1. The Kier molecular flexibility index (Phi) is 10.4. The first-order valence-corrected chi connectivity index (χ1v) is 6.28. The second-order valence-electron chi connectivity index (χ2n) is 4.15. The van der Waals surface area contributed by atoms with E-state index in [0.717, 1.165) is 32.4 Å². The number of rotatable bonds is 8. The maximum absolute atomic E-state index is 11.5. The lowest BCUT2D eigenvalue weighted by atomic mass is 10.1. The molecule has 0 bridgehead atoms. The first kappa shape index (κ1) is 16.9. The Morgan fingerprint density at radius 1 is 1.11 bits per heavy atom. The lowest BCUT2D eigenvalue weighted by molar-refractivity contribution is -0.121. The quantitative estimate of drug-likeness (QED) is 0.711. The standard InChI is InChI=1S/C14H22N2O.ClH/c1-15-11-6-12-16-14(17)10-5-9-13-7-3-2-4-8-13;/h2-4,7-8,15H,5-6,9-12H2,1H3,(H,16,17);1H. The van der Waals surface area contributed by atoms with Gasteiger partial charge in [0.1, 0.15) is 0 Å². The van der Waals surface area contributed by atoms with Crippen molar-refractivity contribution in [1.29, 1.82) is 0 Å². The SMILES string of the molecule is CNCCCNC(=O)CCCc1ccccc1.Cl. The van der Waals surface area contributed by atoms with Gasteiger partial charge in [-0.1, -0.05) is 30.3 Å². The molecule has 1 rings (SSSR count). The smallest absolute Gasteiger partial charge is 0.220 e. The van der Waals surface area contributed by atoms with Crippen LogP contribution in [0.4, 0.5) is 0 Å². The molecule has 18 heavy (non-hydrogen) atoms. The van der Waals surface area contributed by atoms with Gasteiger partial charge in [-0.25, -0.2) is 0 Å². The third kappa shape index (κ3) is 8.09. The summed E-state index contributed by atoms with van der Waals surface area (Å²) in [6.07, 6.45) is 3.50. The molecule has 2 N–H and O–H groups in total. The lowest BCUT2D eigenvalue weighted by Gasteiger charge is -2.05. The van der Waals surface area contributed by atoms with Crippen molar-refractivity contribution < 1.29 is 4.79 Å². The fourth-order valence-electron chi connectivity index (χ4n) is 1.68. The monoisotopic (exact) mass is 270 g/mol. The summed E-state index contributed by atoms with van der Waals surface area (Å²) in [4.78, 5) is 11.5. The van der Waals surface area contributed by atoms with Crippen LogP contribution in [0.5, 0.6) is 0 Å². The molecule has 1 aromatic carbocycles. The molecule has 0 heterocycles. The summed E-state index contributed by atoms with van der Waals surface area (Å²) in [5.74, 6) is 0.164. The molecule has 0 aliphatic carbocycles. The van der Waals surface area contributed by atoms with Gasteiger partial charge in [-0.2, -0.15) is 0 Å². The van der Waals surface area contributed by atoms with Crippen LogP contribution < -0.4 is 10.6 Å². The summed E-state index contributed by atoms with van der Waals surface area (Å²) < 4.78 is 0. The highest BCUT2D eigenvalue weighted by atomic mass is 35.5. The molecule has 0 atom stereocenters. The Morgan fingerprint density at radius 3 is 2.50 bits per heavy atom. The lowest BCUT2D eigenvalue weighted by Crippen LogP contribution is -2.26. The fraction of sp³-hybridized carbons (Fsp3) is 0.500. The number of hydrogen-bond donors (Lipinski definition) is 2. The Morgan fingerprint density at radius 2 is 1.83 bits per heavy atom. The molecule has 3 nitrogen and oxygen atoms in total. The fourth-order valence-corrected chi connectivity index (χ4v) is 1.68. The first-order chi connectivity index (χ1) is 8.33. The van der Waals surface area contributed by atoms with E-state index in [1.54, 1.807) is 0 Å². The summed E-state index contributed by atoms with van der Waals surface area (Å²) in [5.41, 5.74) is 1.30. The topological polar surface area (TPSA) is 41.1 Å². The van der Waals surface area contributed by atoms with Crippen LogP contribution in [0.1, 0.15) is 24.8 Å². The van der Waals surface area contributed by atoms with Crippen molar-refractivity contribution in [2.75, 3.05) is 20.1 Å². The van der Waals surface area contributed by atoms with Crippen molar-refractivity contribution >= 4 is 18.3 Å². The maximum atomic E-state index is 11.5. The van der Waals surface area contributed by atoms with Crippen LogP contribution >= 0.6 is 12.4 Å². The van der Waals surface area contributed by atoms with Crippen molar-refractivity contribution in [2.45, 2.75) is 25.7 Å². The number of nitrogens with one attached hydrogen (secondary N) is 2. The van der Waals surface area contributed by atoms with E-state index >= 15 is 0 Å². The van der Waals surface area contributed by atoms with Crippen molar-refractivity contribution in [2.24, 2.45) is 0 Å². The van der Waals surface area contributed by atoms with Crippen molar-refractivity contribution in [3.8, 4) is 0 Å². The molecule has 0 saturated carbocycles.